The van der Waals surface area contributed by atoms with Crippen molar-refractivity contribution in [2.75, 3.05) is 5.75 Å². The first-order valence-electron chi connectivity index (χ1n) is 5.11. The summed E-state index contributed by atoms with van der Waals surface area (Å²) >= 11 is 6.19. The van der Waals surface area contributed by atoms with Gasteiger partial charge in [0.2, 0.25) is 0 Å². The molecule has 0 aliphatic rings. The van der Waals surface area contributed by atoms with E-state index < -0.39 is 0 Å². The summed E-state index contributed by atoms with van der Waals surface area (Å²) in [5.41, 5.74) is 7.25. The summed E-state index contributed by atoms with van der Waals surface area (Å²) in [7, 11) is 0. The lowest BCUT2D eigenvalue weighted by atomic mass is 10.1. The summed E-state index contributed by atoms with van der Waals surface area (Å²) in [6.07, 6.45) is 0.696. The standard InChI is InChI=1S/C13H13NOS2/c1-10(15)17-8-3-2-5-11-6-4-7-12(9-11)13(14)16/h4,6-7,9H,3,8H2,1H3,(H2,14,16). The maximum absolute atomic E-state index is 10.7. The largest absolute Gasteiger partial charge is 0.389 e. The van der Waals surface area contributed by atoms with Crippen LogP contribution in [0.25, 0.3) is 0 Å². The predicted octanol–water partition coefficient (Wildman–Crippen LogP) is 2.34. The lowest BCUT2D eigenvalue weighted by Gasteiger charge is -1.97. The SMILES string of the molecule is CC(=O)SCCC#Cc1cccc(C(N)=S)c1. The second kappa shape index (κ2) is 7.10. The highest BCUT2D eigenvalue weighted by atomic mass is 32.2. The first-order chi connectivity index (χ1) is 8.09. The molecule has 0 atom stereocenters. The van der Waals surface area contributed by atoms with Gasteiger partial charge in [-0.1, -0.05) is 48.0 Å². The molecule has 2 nitrogen and oxygen atoms in total. The number of nitrogens with two attached hydrogens (primary N) is 1. The third kappa shape index (κ3) is 5.53. The molecule has 2 N–H and O–H groups in total. The minimum Gasteiger partial charge on any atom is -0.389 e. The molecule has 17 heavy (non-hydrogen) atoms. The van der Waals surface area contributed by atoms with Crippen LogP contribution in [0, 0.1) is 11.8 Å². The van der Waals surface area contributed by atoms with Crippen LogP contribution >= 0.6 is 24.0 Å². The topological polar surface area (TPSA) is 43.1 Å². The zero-order valence-electron chi connectivity index (χ0n) is 9.53. The van der Waals surface area contributed by atoms with Gasteiger partial charge in [0, 0.05) is 30.2 Å². The molecule has 0 amide bonds. The number of hydrogen-bond donors (Lipinski definition) is 1. The molecule has 0 saturated carbocycles. The van der Waals surface area contributed by atoms with Crippen molar-refractivity contribution in [1.29, 1.82) is 0 Å². The highest BCUT2D eigenvalue weighted by Gasteiger charge is 1.95. The molecular weight excluding hydrogens is 250 g/mol. The van der Waals surface area contributed by atoms with Crippen molar-refractivity contribution in [3.05, 3.63) is 35.4 Å². The maximum atomic E-state index is 10.7. The second-order valence-corrected chi connectivity index (χ2v) is 5.05. The average molecular weight is 263 g/mol. The molecule has 0 radical (unpaired) electrons. The highest BCUT2D eigenvalue weighted by Crippen LogP contribution is 2.05. The Labute approximate surface area is 111 Å². The quantitative estimate of drug-likeness (QED) is 0.516. The molecule has 0 heterocycles. The summed E-state index contributed by atoms with van der Waals surface area (Å²) < 4.78 is 0. The number of rotatable bonds is 3. The monoisotopic (exact) mass is 263 g/mol. The van der Waals surface area contributed by atoms with Gasteiger partial charge in [0.15, 0.2) is 5.12 Å². The summed E-state index contributed by atoms with van der Waals surface area (Å²) in [5.74, 6) is 6.77. The smallest absolute Gasteiger partial charge is 0.185 e. The molecule has 0 aromatic heterocycles. The summed E-state index contributed by atoms with van der Waals surface area (Å²) in [4.78, 5) is 11.1. The van der Waals surface area contributed by atoms with Crippen molar-refractivity contribution in [2.45, 2.75) is 13.3 Å². The minimum absolute atomic E-state index is 0.127. The van der Waals surface area contributed by atoms with E-state index in [0.717, 1.165) is 16.9 Å². The normalized spacial score (nSPS) is 9.24. The lowest BCUT2D eigenvalue weighted by molar-refractivity contribution is -0.109. The molecule has 1 aromatic carbocycles. The number of carbonyl (C=O) groups excluding carboxylic acids is 1. The molecule has 0 fully saturated rings. The highest BCUT2D eigenvalue weighted by molar-refractivity contribution is 8.13. The van der Waals surface area contributed by atoms with Gasteiger partial charge in [-0.05, 0) is 12.1 Å². The lowest BCUT2D eigenvalue weighted by Crippen LogP contribution is -2.08. The predicted molar refractivity (Wildman–Crippen MR) is 77.0 cm³/mol. The Kier molecular flexibility index (Phi) is 5.75. The number of thiocarbonyl (C=S) groups is 1. The third-order valence-corrected chi connectivity index (χ3v) is 2.96. The summed E-state index contributed by atoms with van der Waals surface area (Å²) in [6, 6.07) is 7.52. The van der Waals surface area contributed by atoms with Gasteiger partial charge in [0.05, 0.1) is 0 Å². The van der Waals surface area contributed by atoms with Crippen LogP contribution < -0.4 is 5.73 Å². The molecule has 0 spiro atoms. The molecule has 0 saturated heterocycles. The Morgan fingerprint density at radius 1 is 1.53 bits per heavy atom. The van der Waals surface area contributed by atoms with Crippen molar-refractivity contribution < 1.29 is 4.79 Å². The van der Waals surface area contributed by atoms with Crippen molar-refractivity contribution in [1.82, 2.24) is 0 Å². The molecule has 1 rings (SSSR count). The van der Waals surface area contributed by atoms with Gasteiger partial charge in [0.25, 0.3) is 0 Å². The fourth-order valence-electron chi connectivity index (χ4n) is 1.16. The van der Waals surface area contributed by atoms with Crippen LogP contribution in [0.1, 0.15) is 24.5 Å². The molecule has 0 aliphatic carbocycles. The fourth-order valence-corrected chi connectivity index (χ4v) is 1.78. The van der Waals surface area contributed by atoms with E-state index in [1.165, 1.54) is 11.8 Å². The van der Waals surface area contributed by atoms with Gasteiger partial charge in [-0.15, -0.1) is 0 Å². The van der Waals surface area contributed by atoms with Crippen LogP contribution in [0.2, 0.25) is 0 Å². The molecule has 0 bridgehead atoms. The summed E-state index contributed by atoms with van der Waals surface area (Å²) in [5, 5.41) is 0.127. The molecule has 0 unspecified atom stereocenters. The van der Waals surface area contributed by atoms with Crippen molar-refractivity contribution in [3.63, 3.8) is 0 Å². The van der Waals surface area contributed by atoms with Crippen LogP contribution in [0.5, 0.6) is 0 Å². The van der Waals surface area contributed by atoms with Gasteiger partial charge in [-0.3, -0.25) is 4.79 Å². The zero-order valence-corrected chi connectivity index (χ0v) is 11.2. The average Bonchev–Trinajstić information content (AvgIpc) is 2.28. The van der Waals surface area contributed by atoms with Gasteiger partial charge in [0.1, 0.15) is 4.99 Å². The Hall–Kier alpha value is -1.31. The first kappa shape index (κ1) is 13.8. The fraction of sp³-hybridized carbons (Fsp3) is 0.231. The van der Waals surface area contributed by atoms with Crippen LogP contribution in [-0.4, -0.2) is 15.9 Å². The van der Waals surface area contributed by atoms with E-state index >= 15 is 0 Å². The second-order valence-electron chi connectivity index (χ2n) is 3.34. The van der Waals surface area contributed by atoms with Crippen LogP contribution in [0.3, 0.4) is 0 Å². The third-order valence-electron chi connectivity index (χ3n) is 1.91. The summed E-state index contributed by atoms with van der Waals surface area (Å²) in [6.45, 7) is 1.56. The van der Waals surface area contributed by atoms with E-state index in [4.69, 9.17) is 18.0 Å². The Morgan fingerprint density at radius 2 is 2.29 bits per heavy atom. The van der Waals surface area contributed by atoms with E-state index in [9.17, 15) is 4.79 Å². The molecule has 0 aliphatic heterocycles. The minimum atomic E-state index is 0.127. The number of thioether (sulfide) groups is 1. The van der Waals surface area contributed by atoms with Crippen LogP contribution in [0.15, 0.2) is 24.3 Å². The Balaban J connectivity index is 2.56. The zero-order chi connectivity index (χ0) is 12.7. The number of carbonyl (C=O) groups is 1. The number of benzene rings is 1. The van der Waals surface area contributed by atoms with E-state index in [1.54, 1.807) is 6.92 Å². The molecular formula is C13H13NOS2. The molecule has 4 heteroatoms. The maximum Gasteiger partial charge on any atom is 0.185 e. The van der Waals surface area contributed by atoms with Crippen molar-refractivity contribution >= 4 is 34.1 Å². The first-order valence-corrected chi connectivity index (χ1v) is 6.51. The number of hydrogen-bond acceptors (Lipinski definition) is 3. The van der Waals surface area contributed by atoms with Crippen molar-refractivity contribution in [3.8, 4) is 11.8 Å². The van der Waals surface area contributed by atoms with E-state index in [0.29, 0.717) is 11.4 Å². The van der Waals surface area contributed by atoms with Gasteiger partial charge in [-0.25, -0.2) is 0 Å². The van der Waals surface area contributed by atoms with Gasteiger partial charge >= 0.3 is 0 Å². The van der Waals surface area contributed by atoms with Crippen LogP contribution in [0.4, 0.5) is 0 Å². The Bertz CT molecular complexity index is 486. The van der Waals surface area contributed by atoms with Crippen LogP contribution in [-0.2, 0) is 4.79 Å². The Morgan fingerprint density at radius 3 is 2.94 bits per heavy atom. The van der Waals surface area contributed by atoms with E-state index in [-0.39, 0.29) is 5.12 Å². The van der Waals surface area contributed by atoms with E-state index in [2.05, 4.69) is 11.8 Å². The molecule has 88 valence electrons. The van der Waals surface area contributed by atoms with E-state index in [1.807, 2.05) is 24.3 Å². The van der Waals surface area contributed by atoms with Gasteiger partial charge < -0.3 is 5.73 Å². The molecule has 1 aromatic rings. The van der Waals surface area contributed by atoms with Gasteiger partial charge in [-0.2, -0.15) is 0 Å². The van der Waals surface area contributed by atoms with Crippen molar-refractivity contribution in [2.24, 2.45) is 5.73 Å².